The van der Waals surface area contributed by atoms with Gasteiger partial charge in [-0.2, -0.15) is 0 Å². The molecule has 1 aromatic carbocycles. The first-order chi connectivity index (χ1) is 11.1. The van der Waals surface area contributed by atoms with E-state index >= 15 is 0 Å². The summed E-state index contributed by atoms with van der Waals surface area (Å²) in [6.07, 6.45) is 12.0. The average molecular weight is 348 g/mol. The lowest BCUT2D eigenvalue weighted by atomic mass is 9.45. The molecule has 0 N–H and O–H groups in total. The number of halogens is 1. The Morgan fingerprint density at radius 1 is 0.958 bits per heavy atom. The van der Waals surface area contributed by atoms with E-state index in [1.165, 1.54) is 38.6 Å². The van der Waals surface area contributed by atoms with Crippen molar-refractivity contribution in [3.05, 3.63) is 35.9 Å². The third kappa shape index (κ3) is 3.53. The Labute approximate surface area is 154 Å². The summed E-state index contributed by atoms with van der Waals surface area (Å²) in [6.45, 7) is 1.23. The highest BCUT2D eigenvalue weighted by Crippen LogP contribution is 2.65. The van der Waals surface area contributed by atoms with E-state index in [-0.39, 0.29) is 12.4 Å². The minimum absolute atomic E-state index is 0. The van der Waals surface area contributed by atoms with Crippen LogP contribution in [0.15, 0.2) is 30.3 Å². The summed E-state index contributed by atoms with van der Waals surface area (Å²) in [5, 5.41) is 0. The maximum Gasteiger partial charge on any atom is -0.00246 e. The molecule has 0 saturated heterocycles. The predicted octanol–water partition coefficient (Wildman–Crippen LogP) is 5.75. The minimum Gasteiger partial charge on any atom is -0.309 e. The van der Waals surface area contributed by atoms with Crippen LogP contribution in [-0.4, -0.2) is 25.5 Å². The number of nitrogens with zero attached hydrogens (tertiary/aromatic N) is 1. The van der Waals surface area contributed by atoms with Gasteiger partial charge in [-0.05, 0) is 107 Å². The smallest absolute Gasteiger partial charge is 0.00246 e. The van der Waals surface area contributed by atoms with E-state index in [4.69, 9.17) is 0 Å². The Kier molecular flexibility index (Phi) is 5.62. The van der Waals surface area contributed by atoms with Crippen molar-refractivity contribution in [1.82, 2.24) is 4.90 Å². The second-order valence-electron chi connectivity index (χ2n) is 9.19. The molecule has 1 atom stereocenters. The van der Waals surface area contributed by atoms with Gasteiger partial charge in [0.15, 0.2) is 0 Å². The molecule has 4 fully saturated rings. The fourth-order valence-corrected chi connectivity index (χ4v) is 6.73. The van der Waals surface area contributed by atoms with Crippen molar-refractivity contribution >= 4 is 12.4 Å². The molecule has 4 aliphatic carbocycles. The molecule has 4 aliphatic rings. The molecule has 0 radical (unpaired) electrons. The van der Waals surface area contributed by atoms with Gasteiger partial charge in [0.2, 0.25) is 0 Å². The minimum atomic E-state index is 0. The Bertz CT molecular complexity index is 489. The van der Waals surface area contributed by atoms with Crippen LogP contribution in [-0.2, 0) is 0 Å². The normalized spacial score (nSPS) is 35.0. The van der Waals surface area contributed by atoms with Gasteiger partial charge in [0.05, 0.1) is 0 Å². The van der Waals surface area contributed by atoms with Crippen LogP contribution >= 0.6 is 12.4 Å². The van der Waals surface area contributed by atoms with Crippen LogP contribution in [0.1, 0.15) is 62.8 Å². The lowest BCUT2D eigenvalue weighted by Gasteiger charge is -2.60. The van der Waals surface area contributed by atoms with Gasteiger partial charge in [0, 0.05) is 0 Å². The molecule has 1 nitrogen and oxygen atoms in total. The summed E-state index contributed by atoms with van der Waals surface area (Å²) < 4.78 is 0. The fraction of sp³-hybridized carbons (Fsp3) is 0.727. The van der Waals surface area contributed by atoms with Gasteiger partial charge in [0.1, 0.15) is 0 Å². The van der Waals surface area contributed by atoms with E-state index in [0.29, 0.717) is 5.41 Å². The summed E-state index contributed by atoms with van der Waals surface area (Å²) >= 11 is 0. The number of hydrogen-bond acceptors (Lipinski definition) is 1. The Balaban J connectivity index is 0.00000169. The molecular weight excluding hydrogens is 314 g/mol. The summed E-state index contributed by atoms with van der Waals surface area (Å²) in [6, 6.07) is 11.5. The first-order valence-electron chi connectivity index (χ1n) is 9.84. The Morgan fingerprint density at radius 3 is 2.00 bits per heavy atom. The average Bonchev–Trinajstić information content (AvgIpc) is 2.50. The monoisotopic (exact) mass is 347 g/mol. The molecule has 24 heavy (non-hydrogen) atoms. The van der Waals surface area contributed by atoms with E-state index in [0.717, 1.165) is 23.7 Å². The van der Waals surface area contributed by atoms with Crippen LogP contribution in [0.25, 0.3) is 0 Å². The molecule has 0 aromatic heterocycles. The fourth-order valence-electron chi connectivity index (χ4n) is 6.73. The quantitative estimate of drug-likeness (QED) is 0.633. The highest BCUT2D eigenvalue weighted by Gasteiger charge is 2.53. The molecule has 0 heterocycles. The lowest BCUT2D eigenvalue weighted by Crippen LogP contribution is -2.49. The van der Waals surface area contributed by atoms with Gasteiger partial charge < -0.3 is 4.90 Å². The van der Waals surface area contributed by atoms with Gasteiger partial charge in [-0.1, -0.05) is 30.3 Å². The van der Waals surface area contributed by atoms with E-state index in [1.54, 1.807) is 24.8 Å². The molecule has 134 valence electrons. The van der Waals surface area contributed by atoms with Gasteiger partial charge >= 0.3 is 0 Å². The molecule has 4 bridgehead atoms. The zero-order valence-electron chi connectivity index (χ0n) is 15.4. The van der Waals surface area contributed by atoms with E-state index in [9.17, 15) is 0 Å². The Hall–Kier alpha value is -0.530. The van der Waals surface area contributed by atoms with Gasteiger partial charge in [0.25, 0.3) is 0 Å². The maximum atomic E-state index is 2.42. The molecule has 2 heteroatoms. The third-order valence-corrected chi connectivity index (χ3v) is 7.12. The molecule has 0 amide bonds. The van der Waals surface area contributed by atoms with Crippen molar-refractivity contribution in [3.63, 3.8) is 0 Å². The predicted molar refractivity (Wildman–Crippen MR) is 105 cm³/mol. The SMILES string of the molecule is CN(C)CCCC(c1ccccc1)C12CC3CC(CC(C3)C1)C2.Cl. The van der Waals surface area contributed by atoms with Crippen LogP contribution in [0, 0.1) is 23.2 Å². The third-order valence-electron chi connectivity index (χ3n) is 7.12. The van der Waals surface area contributed by atoms with Crippen LogP contribution in [0.3, 0.4) is 0 Å². The summed E-state index contributed by atoms with van der Waals surface area (Å²) in [5.74, 6) is 3.97. The molecular formula is C22H34ClN. The highest BCUT2D eigenvalue weighted by atomic mass is 35.5. The summed E-state index contributed by atoms with van der Waals surface area (Å²) in [4.78, 5) is 2.35. The van der Waals surface area contributed by atoms with Crippen molar-refractivity contribution in [2.75, 3.05) is 20.6 Å². The van der Waals surface area contributed by atoms with Crippen molar-refractivity contribution < 1.29 is 0 Å². The zero-order valence-corrected chi connectivity index (χ0v) is 16.2. The van der Waals surface area contributed by atoms with Crippen molar-refractivity contribution in [1.29, 1.82) is 0 Å². The number of rotatable bonds is 6. The largest absolute Gasteiger partial charge is 0.309 e. The second-order valence-corrected chi connectivity index (χ2v) is 9.19. The van der Waals surface area contributed by atoms with Gasteiger partial charge in [-0.15, -0.1) is 12.4 Å². The molecule has 0 aliphatic heterocycles. The van der Waals surface area contributed by atoms with Gasteiger partial charge in [-0.3, -0.25) is 0 Å². The van der Waals surface area contributed by atoms with E-state index in [1.807, 2.05) is 0 Å². The van der Waals surface area contributed by atoms with Crippen LogP contribution in [0.4, 0.5) is 0 Å². The lowest BCUT2D eigenvalue weighted by molar-refractivity contribution is -0.0705. The zero-order chi connectivity index (χ0) is 15.9. The van der Waals surface area contributed by atoms with Gasteiger partial charge in [-0.25, -0.2) is 0 Å². The van der Waals surface area contributed by atoms with Crippen molar-refractivity contribution in [3.8, 4) is 0 Å². The Morgan fingerprint density at radius 2 is 1.50 bits per heavy atom. The second kappa shape index (κ2) is 7.38. The maximum absolute atomic E-state index is 2.42. The molecule has 5 rings (SSSR count). The van der Waals surface area contributed by atoms with Crippen molar-refractivity contribution in [2.24, 2.45) is 23.2 Å². The van der Waals surface area contributed by atoms with E-state index in [2.05, 4.69) is 49.3 Å². The molecule has 0 spiro atoms. The summed E-state index contributed by atoms with van der Waals surface area (Å²) in [5.41, 5.74) is 2.27. The molecule has 1 unspecified atom stereocenters. The topological polar surface area (TPSA) is 3.24 Å². The van der Waals surface area contributed by atoms with Crippen LogP contribution in [0.2, 0.25) is 0 Å². The first kappa shape index (κ1) is 18.3. The summed E-state index contributed by atoms with van der Waals surface area (Å²) in [7, 11) is 4.42. The first-order valence-corrected chi connectivity index (χ1v) is 9.84. The van der Waals surface area contributed by atoms with E-state index < -0.39 is 0 Å². The molecule has 1 aromatic rings. The van der Waals surface area contributed by atoms with Crippen molar-refractivity contribution in [2.45, 2.75) is 57.3 Å². The number of benzene rings is 1. The number of hydrogen-bond donors (Lipinski definition) is 0. The van der Waals surface area contributed by atoms with Crippen LogP contribution < -0.4 is 0 Å². The highest BCUT2D eigenvalue weighted by molar-refractivity contribution is 5.85. The standard InChI is InChI=1S/C22H33N.ClH/c1-23(2)10-6-9-21(20-7-4-3-5-8-20)22-14-17-11-18(15-22)13-19(12-17)16-22;/h3-5,7-8,17-19,21H,6,9-16H2,1-2H3;1H. The molecule has 4 saturated carbocycles. The van der Waals surface area contributed by atoms with Crippen LogP contribution in [0.5, 0.6) is 0 Å².